The molecule has 0 fully saturated rings. The van der Waals surface area contributed by atoms with E-state index in [0.717, 1.165) is 16.7 Å². The number of anilines is 1. The number of benzene rings is 1. The van der Waals surface area contributed by atoms with E-state index < -0.39 is 5.60 Å². The summed E-state index contributed by atoms with van der Waals surface area (Å²) in [6.07, 6.45) is 6.60. The molecule has 1 aromatic carbocycles. The summed E-state index contributed by atoms with van der Waals surface area (Å²) in [5.74, 6) is -0.321. The topological polar surface area (TPSA) is 97.3 Å². The molecular weight excluding hydrogens is 380 g/mol. The van der Waals surface area contributed by atoms with E-state index in [-0.39, 0.29) is 5.91 Å². The molecule has 0 unspecified atom stereocenters. The summed E-state index contributed by atoms with van der Waals surface area (Å²) in [6, 6.07) is 7.86. The Morgan fingerprint density at radius 1 is 1.27 bits per heavy atom. The highest BCUT2D eigenvalue weighted by molar-refractivity contribution is 6.09. The standard InChI is InChI=1S/C22H24N6O2/c1-14-6-7-15(2)16(10-14)19-18(12-27(26-19)13-22(3,4)30)25-21(29)17-11-24-28-9-5-8-23-20(17)28/h5-12,30H,13H2,1-4H3,(H,25,29). The number of hydrogen-bond acceptors (Lipinski definition) is 5. The van der Waals surface area contributed by atoms with Crippen molar-refractivity contribution in [2.75, 3.05) is 5.32 Å². The highest BCUT2D eigenvalue weighted by Gasteiger charge is 2.21. The van der Waals surface area contributed by atoms with Gasteiger partial charge in [0, 0.05) is 24.2 Å². The average Bonchev–Trinajstić information content (AvgIpc) is 3.26. The van der Waals surface area contributed by atoms with Crippen LogP contribution in [0.1, 0.15) is 35.3 Å². The number of fused-ring (bicyclic) bond motifs is 1. The maximum atomic E-state index is 13.0. The molecule has 8 nitrogen and oxygen atoms in total. The number of nitrogens with one attached hydrogen (secondary N) is 1. The lowest BCUT2D eigenvalue weighted by molar-refractivity contribution is 0.0578. The third kappa shape index (κ3) is 3.95. The maximum absolute atomic E-state index is 13.0. The Hall–Kier alpha value is -3.52. The van der Waals surface area contributed by atoms with Crippen LogP contribution in [0, 0.1) is 13.8 Å². The molecule has 2 N–H and O–H groups in total. The van der Waals surface area contributed by atoms with Crippen molar-refractivity contribution in [2.45, 2.75) is 39.8 Å². The van der Waals surface area contributed by atoms with Crippen LogP contribution in [0.15, 0.2) is 49.1 Å². The van der Waals surface area contributed by atoms with Crippen molar-refractivity contribution in [1.82, 2.24) is 24.4 Å². The molecule has 0 bridgehead atoms. The number of carbonyl (C=O) groups is 1. The molecule has 4 aromatic rings. The van der Waals surface area contributed by atoms with E-state index in [1.54, 1.807) is 47.7 Å². The van der Waals surface area contributed by atoms with Gasteiger partial charge in [0.05, 0.1) is 24.0 Å². The molecule has 4 rings (SSSR count). The number of hydrogen-bond donors (Lipinski definition) is 2. The molecule has 154 valence electrons. The van der Waals surface area contributed by atoms with Gasteiger partial charge in [-0.05, 0) is 45.4 Å². The van der Waals surface area contributed by atoms with Crippen molar-refractivity contribution < 1.29 is 9.90 Å². The molecular formula is C22H24N6O2. The Morgan fingerprint density at radius 2 is 2.07 bits per heavy atom. The molecule has 0 aliphatic heterocycles. The first kappa shape index (κ1) is 19.8. The van der Waals surface area contributed by atoms with Crippen LogP contribution in [0.2, 0.25) is 0 Å². The highest BCUT2D eigenvalue weighted by Crippen LogP contribution is 2.31. The predicted octanol–water partition coefficient (Wildman–Crippen LogP) is 3.23. The summed E-state index contributed by atoms with van der Waals surface area (Å²) < 4.78 is 3.21. The Morgan fingerprint density at radius 3 is 2.83 bits per heavy atom. The largest absolute Gasteiger partial charge is 0.389 e. The van der Waals surface area contributed by atoms with Crippen LogP contribution in [-0.2, 0) is 6.54 Å². The number of aryl methyl sites for hydroxylation is 2. The molecule has 0 saturated heterocycles. The Bertz CT molecular complexity index is 1230. The first-order chi connectivity index (χ1) is 14.2. The summed E-state index contributed by atoms with van der Waals surface area (Å²) in [6.45, 7) is 7.74. The zero-order chi connectivity index (χ0) is 21.5. The van der Waals surface area contributed by atoms with Crippen molar-refractivity contribution in [3.05, 3.63) is 65.7 Å². The lowest BCUT2D eigenvalue weighted by atomic mass is 10.0. The fourth-order valence-corrected chi connectivity index (χ4v) is 3.36. The van der Waals surface area contributed by atoms with Gasteiger partial charge in [0.15, 0.2) is 5.65 Å². The number of rotatable bonds is 5. The van der Waals surface area contributed by atoms with Crippen molar-refractivity contribution in [1.29, 1.82) is 0 Å². The monoisotopic (exact) mass is 404 g/mol. The van der Waals surface area contributed by atoms with Crippen molar-refractivity contribution in [3.8, 4) is 11.3 Å². The van der Waals surface area contributed by atoms with Gasteiger partial charge in [0.25, 0.3) is 5.91 Å². The Kier molecular flexibility index (Phi) is 4.87. The smallest absolute Gasteiger partial charge is 0.261 e. The third-order valence-corrected chi connectivity index (χ3v) is 4.73. The first-order valence-electron chi connectivity index (χ1n) is 9.68. The van der Waals surface area contributed by atoms with E-state index in [1.165, 1.54) is 6.20 Å². The zero-order valence-corrected chi connectivity index (χ0v) is 17.4. The van der Waals surface area contributed by atoms with E-state index in [0.29, 0.717) is 29.1 Å². The number of carbonyl (C=O) groups excluding carboxylic acids is 1. The van der Waals surface area contributed by atoms with Gasteiger partial charge in [0.1, 0.15) is 11.3 Å². The van der Waals surface area contributed by atoms with Gasteiger partial charge in [0.2, 0.25) is 0 Å². The lowest BCUT2D eigenvalue weighted by Crippen LogP contribution is -2.26. The van der Waals surface area contributed by atoms with Gasteiger partial charge < -0.3 is 10.4 Å². The van der Waals surface area contributed by atoms with Gasteiger partial charge in [-0.15, -0.1) is 0 Å². The predicted molar refractivity (Wildman–Crippen MR) is 114 cm³/mol. The average molecular weight is 404 g/mol. The van der Waals surface area contributed by atoms with E-state index in [1.807, 2.05) is 32.0 Å². The SMILES string of the molecule is Cc1ccc(C)c(-c2nn(CC(C)(C)O)cc2NC(=O)c2cnn3cccnc23)c1. The fraction of sp³-hybridized carbons (Fsp3) is 0.273. The molecule has 3 heterocycles. The number of aromatic nitrogens is 5. The number of aliphatic hydroxyl groups is 1. The van der Waals surface area contributed by atoms with Gasteiger partial charge >= 0.3 is 0 Å². The summed E-state index contributed by atoms with van der Waals surface area (Å²) in [7, 11) is 0. The van der Waals surface area contributed by atoms with Crippen LogP contribution in [0.3, 0.4) is 0 Å². The second-order valence-corrected chi connectivity index (χ2v) is 8.12. The molecule has 0 saturated carbocycles. The normalized spacial score (nSPS) is 11.8. The quantitative estimate of drug-likeness (QED) is 0.532. The second-order valence-electron chi connectivity index (χ2n) is 8.12. The second kappa shape index (κ2) is 7.38. The molecule has 30 heavy (non-hydrogen) atoms. The van der Waals surface area contributed by atoms with E-state index in [9.17, 15) is 9.90 Å². The van der Waals surface area contributed by atoms with E-state index in [4.69, 9.17) is 0 Å². The van der Waals surface area contributed by atoms with Gasteiger partial charge in [-0.2, -0.15) is 10.2 Å². The van der Waals surface area contributed by atoms with Crippen LogP contribution < -0.4 is 5.32 Å². The van der Waals surface area contributed by atoms with Crippen LogP contribution in [0.4, 0.5) is 5.69 Å². The van der Waals surface area contributed by atoms with Crippen molar-refractivity contribution in [3.63, 3.8) is 0 Å². The molecule has 0 atom stereocenters. The third-order valence-electron chi connectivity index (χ3n) is 4.73. The highest BCUT2D eigenvalue weighted by atomic mass is 16.3. The van der Waals surface area contributed by atoms with Gasteiger partial charge in [-0.1, -0.05) is 17.7 Å². The van der Waals surface area contributed by atoms with Crippen LogP contribution in [-0.4, -0.2) is 41.0 Å². The van der Waals surface area contributed by atoms with E-state index in [2.05, 4.69) is 20.5 Å². The van der Waals surface area contributed by atoms with Gasteiger partial charge in [-0.25, -0.2) is 9.50 Å². The minimum atomic E-state index is -0.946. The molecule has 8 heteroatoms. The molecule has 1 amide bonds. The minimum Gasteiger partial charge on any atom is -0.389 e. The minimum absolute atomic E-state index is 0.291. The molecule has 0 aliphatic rings. The zero-order valence-electron chi connectivity index (χ0n) is 17.4. The van der Waals surface area contributed by atoms with Crippen molar-refractivity contribution >= 4 is 17.2 Å². The Balaban J connectivity index is 1.76. The molecule has 0 aliphatic carbocycles. The summed E-state index contributed by atoms with van der Waals surface area (Å²) in [5.41, 5.74) is 4.19. The summed E-state index contributed by atoms with van der Waals surface area (Å²) in [4.78, 5) is 17.3. The molecule has 0 spiro atoms. The van der Waals surface area contributed by atoms with Crippen molar-refractivity contribution in [2.24, 2.45) is 0 Å². The van der Waals surface area contributed by atoms with E-state index >= 15 is 0 Å². The number of nitrogens with zero attached hydrogens (tertiary/aromatic N) is 5. The Labute approximate surface area is 174 Å². The number of amides is 1. The van der Waals surface area contributed by atoms with Crippen LogP contribution in [0.5, 0.6) is 0 Å². The van der Waals surface area contributed by atoms with Crippen LogP contribution >= 0.6 is 0 Å². The molecule has 0 radical (unpaired) electrons. The fourth-order valence-electron chi connectivity index (χ4n) is 3.36. The lowest BCUT2D eigenvalue weighted by Gasteiger charge is -2.16. The summed E-state index contributed by atoms with van der Waals surface area (Å²) in [5, 5.41) is 22.0. The molecule has 3 aromatic heterocycles. The summed E-state index contributed by atoms with van der Waals surface area (Å²) >= 11 is 0. The first-order valence-corrected chi connectivity index (χ1v) is 9.68. The van der Waals surface area contributed by atoms with Crippen LogP contribution in [0.25, 0.3) is 16.9 Å². The van der Waals surface area contributed by atoms with Gasteiger partial charge in [-0.3, -0.25) is 9.48 Å². The maximum Gasteiger partial charge on any atom is 0.261 e.